The monoisotopic (exact) mass is 248 g/mol. The second-order valence-corrected chi connectivity index (χ2v) is 4.67. The lowest BCUT2D eigenvalue weighted by atomic mass is 10.0. The van der Waals surface area contributed by atoms with Gasteiger partial charge >= 0.3 is 0 Å². The van der Waals surface area contributed by atoms with Crippen LogP contribution >= 0.6 is 0 Å². The van der Waals surface area contributed by atoms with Gasteiger partial charge in [-0.1, -0.05) is 25.5 Å². The maximum Gasteiger partial charge on any atom is 0.274 e. The van der Waals surface area contributed by atoms with E-state index in [4.69, 9.17) is 5.73 Å². The average molecular weight is 248 g/mol. The first-order valence-corrected chi connectivity index (χ1v) is 6.51. The van der Waals surface area contributed by atoms with Crippen LogP contribution in [0.1, 0.15) is 48.8 Å². The number of nitrogens with two attached hydrogens (primary N) is 1. The Kier molecular flexibility index (Phi) is 4.02. The molecule has 98 valence electrons. The Morgan fingerprint density at radius 1 is 1.61 bits per heavy atom. The fourth-order valence-corrected chi connectivity index (χ4v) is 2.18. The molecule has 18 heavy (non-hydrogen) atoms. The standard InChI is InChI=1S/C13H20N4O/c1-2-6-10-11(14)12(17-16-10)13(18)15-9-7-4-3-5-8-9/h3-4,9H,2,5-8,14H2,1H3,(H,15,18)(H,16,17). The molecule has 0 saturated carbocycles. The van der Waals surface area contributed by atoms with E-state index in [1.165, 1.54) is 0 Å². The molecule has 0 radical (unpaired) electrons. The summed E-state index contributed by atoms with van der Waals surface area (Å²) in [5.74, 6) is -0.175. The molecule has 2 rings (SSSR count). The second-order valence-electron chi connectivity index (χ2n) is 4.67. The Balaban J connectivity index is 2.02. The number of aromatic nitrogens is 2. The summed E-state index contributed by atoms with van der Waals surface area (Å²) in [4.78, 5) is 12.1. The van der Waals surface area contributed by atoms with Gasteiger partial charge in [-0.25, -0.2) is 0 Å². The van der Waals surface area contributed by atoms with Gasteiger partial charge in [0, 0.05) is 6.04 Å². The lowest BCUT2D eigenvalue weighted by Crippen LogP contribution is -2.35. The summed E-state index contributed by atoms with van der Waals surface area (Å²) in [5.41, 5.74) is 7.59. The summed E-state index contributed by atoms with van der Waals surface area (Å²) in [5, 5.41) is 9.84. The number of aryl methyl sites for hydroxylation is 1. The molecule has 5 heteroatoms. The Bertz CT molecular complexity index is 450. The van der Waals surface area contributed by atoms with Crippen LogP contribution in [0.4, 0.5) is 5.69 Å². The number of nitrogen functional groups attached to an aromatic ring is 1. The number of anilines is 1. The van der Waals surface area contributed by atoms with Gasteiger partial charge in [0.2, 0.25) is 0 Å². The molecule has 1 atom stereocenters. The molecule has 0 spiro atoms. The van der Waals surface area contributed by atoms with Gasteiger partial charge < -0.3 is 11.1 Å². The first-order chi connectivity index (χ1) is 8.72. The van der Waals surface area contributed by atoms with E-state index in [9.17, 15) is 4.79 Å². The van der Waals surface area contributed by atoms with Crippen molar-refractivity contribution >= 4 is 11.6 Å². The van der Waals surface area contributed by atoms with E-state index in [1.54, 1.807) is 0 Å². The molecule has 1 heterocycles. The highest BCUT2D eigenvalue weighted by Crippen LogP contribution is 2.17. The molecule has 0 aliphatic heterocycles. The van der Waals surface area contributed by atoms with Crippen molar-refractivity contribution in [2.45, 2.75) is 45.1 Å². The van der Waals surface area contributed by atoms with Crippen LogP contribution < -0.4 is 11.1 Å². The molecule has 1 aliphatic carbocycles. The molecular formula is C13H20N4O. The van der Waals surface area contributed by atoms with Gasteiger partial charge in [-0.3, -0.25) is 9.89 Å². The SMILES string of the molecule is CCCc1[nH]nc(C(=O)NC2CC=CCC2)c1N. The number of nitrogens with one attached hydrogen (secondary N) is 2. The highest BCUT2D eigenvalue weighted by molar-refractivity contribution is 5.97. The van der Waals surface area contributed by atoms with Crippen LogP contribution in [-0.2, 0) is 6.42 Å². The predicted molar refractivity (Wildman–Crippen MR) is 71.2 cm³/mol. The van der Waals surface area contributed by atoms with Crippen molar-refractivity contribution < 1.29 is 4.79 Å². The Morgan fingerprint density at radius 3 is 3.11 bits per heavy atom. The van der Waals surface area contributed by atoms with Crippen LogP contribution in [0, 0.1) is 0 Å². The summed E-state index contributed by atoms with van der Waals surface area (Å²) in [6.07, 6.45) is 8.92. The Hall–Kier alpha value is -1.78. The number of hydrogen-bond acceptors (Lipinski definition) is 3. The zero-order valence-electron chi connectivity index (χ0n) is 10.7. The molecule has 5 nitrogen and oxygen atoms in total. The molecule has 4 N–H and O–H groups in total. The van der Waals surface area contributed by atoms with E-state index in [0.29, 0.717) is 11.4 Å². The Morgan fingerprint density at radius 2 is 2.44 bits per heavy atom. The molecular weight excluding hydrogens is 228 g/mol. The highest BCUT2D eigenvalue weighted by Gasteiger charge is 2.20. The second kappa shape index (κ2) is 5.71. The number of rotatable bonds is 4. The van der Waals surface area contributed by atoms with Gasteiger partial charge in [0.25, 0.3) is 5.91 Å². The van der Waals surface area contributed by atoms with Gasteiger partial charge in [0.05, 0.1) is 11.4 Å². The minimum absolute atomic E-state index is 0.175. The molecule has 1 aromatic heterocycles. The molecule has 1 amide bonds. The summed E-state index contributed by atoms with van der Waals surface area (Å²) in [6, 6.07) is 0.202. The number of carbonyl (C=O) groups is 1. The lowest BCUT2D eigenvalue weighted by molar-refractivity contribution is 0.0930. The van der Waals surface area contributed by atoms with Crippen LogP contribution in [0.3, 0.4) is 0 Å². The van der Waals surface area contributed by atoms with E-state index in [1.807, 2.05) is 0 Å². The number of hydrogen-bond donors (Lipinski definition) is 3. The summed E-state index contributed by atoms with van der Waals surface area (Å²) < 4.78 is 0. The minimum Gasteiger partial charge on any atom is -0.395 e. The minimum atomic E-state index is -0.175. The lowest BCUT2D eigenvalue weighted by Gasteiger charge is -2.18. The van der Waals surface area contributed by atoms with E-state index >= 15 is 0 Å². The van der Waals surface area contributed by atoms with Crippen molar-refractivity contribution in [2.24, 2.45) is 0 Å². The largest absolute Gasteiger partial charge is 0.395 e. The van der Waals surface area contributed by atoms with Crippen molar-refractivity contribution in [1.82, 2.24) is 15.5 Å². The van der Waals surface area contributed by atoms with Crippen molar-refractivity contribution in [2.75, 3.05) is 5.73 Å². The normalized spacial score (nSPS) is 18.8. The van der Waals surface area contributed by atoms with Gasteiger partial charge in [0.15, 0.2) is 5.69 Å². The third-order valence-corrected chi connectivity index (χ3v) is 3.20. The van der Waals surface area contributed by atoms with Gasteiger partial charge in [-0.05, 0) is 25.7 Å². The molecule has 1 aliphatic rings. The first kappa shape index (κ1) is 12.7. The zero-order valence-corrected chi connectivity index (χ0v) is 10.7. The third-order valence-electron chi connectivity index (χ3n) is 3.20. The fraction of sp³-hybridized carbons (Fsp3) is 0.538. The number of allylic oxidation sites excluding steroid dienone is 1. The summed E-state index contributed by atoms with van der Waals surface area (Å²) >= 11 is 0. The number of aromatic amines is 1. The summed E-state index contributed by atoms with van der Waals surface area (Å²) in [6.45, 7) is 2.06. The average Bonchev–Trinajstić information content (AvgIpc) is 2.73. The van der Waals surface area contributed by atoms with Crippen LogP contribution in [0.15, 0.2) is 12.2 Å². The van der Waals surface area contributed by atoms with Crippen molar-refractivity contribution in [1.29, 1.82) is 0 Å². The predicted octanol–water partition coefficient (Wildman–Crippen LogP) is 1.78. The van der Waals surface area contributed by atoms with Crippen molar-refractivity contribution in [3.63, 3.8) is 0 Å². The third kappa shape index (κ3) is 2.72. The van der Waals surface area contributed by atoms with Gasteiger partial charge in [-0.15, -0.1) is 0 Å². The molecule has 0 saturated heterocycles. The quantitative estimate of drug-likeness (QED) is 0.710. The number of nitrogens with zero attached hydrogens (tertiary/aromatic N) is 1. The van der Waals surface area contributed by atoms with E-state index < -0.39 is 0 Å². The maximum absolute atomic E-state index is 12.1. The maximum atomic E-state index is 12.1. The first-order valence-electron chi connectivity index (χ1n) is 6.51. The fourth-order valence-electron chi connectivity index (χ4n) is 2.18. The number of amides is 1. The van der Waals surface area contributed by atoms with E-state index in [2.05, 4.69) is 34.6 Å². The molecule has 0 aromatic carbocycles. The number of carbonyl (C=O) groups excluding carboxylic acids is 1. The van der Waals surface area contributed by atoms with E-state index in [-0.39, 0.29) is 11.9 Å². The van der Waals surface area contributed by atoms with Crippen molar-refractivity contribution in [3.8, 4) is 0 Å². The van der Waals surface area contributed by atoms with Crippen LogP contribution in [0.5, 0.6) is 0 Å². The zero-order chi connectivity index (χ0) is 13.0. The van der Waals surface area contributed by atoms with Crippen LogP contribution in [-0.4, -0.2) is 22.1 Å². The van der Waals surface area contributed by atoms with Crippen LogP contribution in [0.25, 0.3) is 0 Å². The smallest absolute Gasteiger partial charge is 0.274 e. The number of H-pyrrole nitrogens is 1. The van der Waals surface area contributed by atoms with Crippen molar-refractivity contribution in [3.05, 3.63) is 23.5 Å². The van der Waals surface area contributed by atoms with Gasteiger partial charge in [0.1, 0.15) is 0 Å². The topological polar surface area (TPSA) is 83.8 Å². The van der Waals surface area contributed by atoms with Crippen LogP contribution in [0.2, 0.25) is 0 Å². The Labute approximate surface area is 107 Å². The van der Waals surface area contributed by atoms with Gasteiger partial charge in [-0.2, -0.15) is 5.10 Å². The highest BCUT2D eigenvalue weighted by atomic mass is 16.2. The van der Waals surface area contributed by atoms with E-state index in [0.717, 1.165) is 37.8 Å². The molecule has 0 bridgehead atoms. The molecule has 1 unspecified atom stereocenters. The molecule has 1 aromatic rings. The molecule has 0 fully saturated rings. The summed E-state index contributed by atoms with van der Waals surface area (Å²) in [7, 11) is 0.